The van der Waals surface area contributed by atoms with Crippen LogP contribution < -0.4 is 10.9 Å². The molecule has 0 aromatic carbocycles. The van der Waals surface area contributed by atoms with E-state index >= 15 is 0 Å². The Balaban J connectivity index is 1.23. The van der Waals surface area contributed by atoms with Crippen molar-refractivity contribution in [2.24, 2.45) is 11.8 Å². The highest BCUT2D eigenvalue weighted by atomic mass is 32.9. The smallest absolute Gasteiger partial charge is 0.330 e. The predicted octanol–water partition coefficient (Wildman–Crippen LogP) is 4.21. The number of aliphatic hydroxyl groups is 4. The van der Waals surface area contributed by atoms with E-state index in [0.29, 0.717) is 24.9 Å². The number of hydrogen-bond donors (Lipinski definition) is 6. The zero-order chi connectivity index (χ0) is 32.9. The molecule has 0 unspecified atom stereocenters. The first-order chi connectivity index (χ1) is 21.5. The molecule has 1 saturated heterocycles. The molecule has 45 heavy (non-hydrogen) atoms. The van der Waals surface area contributed by atoms with Crippen molar-refractivity contribution in [3.63, 3.8) is 0 Å². The van der Waals surface area contributed by atoms with E-state index < -0.39 is 36.5 Å². The largest absolute Gasteiger partial charge is 0.463 e. The number of rotatable bonds is 18. The van der Waals surface area contributed by atoms with Crippen molar-refractivity contribution >= 4 is 38.2 Å². The lowest BCUT2D eigenvalue weighted by molar-refractivity contribution is -0.187. The van der Waals surface area contributed by atoms with Gasteiger partial charge in [0.1, 0.15) is 24.0 Å². The summed E-state index contributed by atoms with van der Waals surface area (Å²) < 4.78 is 11.0. The number of amides is 1. The van der Waals surface area contributed by atoms with E-state index in [4.69, 9.17) is 9.47 Å². The molecule has 3 rings (SSSR count). The first-order valence-electron chi connectivity index (χ1n) is 15.7. The van der Waals surface area contributed by atoms with Crippen LogP contribution in [0.15, 0.2) is 34.0 Å². The second kappa shape index (κ2) is 18.7. The third-order valence-corrected chi connectivity index (χ3v) is 10.3. The second-order valence-electron chi connectivity index (χ2n) is 11.9. The van der Waals surface area contributed by atoms with Gasteiger partial charge in [-0.3, -0.25) is 9.59 Å². The summed E-state index contributed by atoms with van der Waals surface area (Å²) in [5.41, 5.74) is 1.12. The van der Waals surface area contributed by atoms with E-state index in [-0.39, 0.29) is 42.1 Å². The molecular weight excluding hydrogens is 620 g/mol. The Morgan fingerprint density at radius 3 is 2.51 bits per heavy atom. The van der Waals surface area contributed by atoms with E-state index in [0.717, 1.165) is 49.1 Å². The van der Waals surface area contributed by atoms with Gasteiger partial charge in [-0.15, -0.1) is 0 Å². The molecule has 0 saturated carbocycles. The van der Waals surface area contributed by atoms with Crippen LogP contribution in [0, 0.1) is 11.8 Å². The van der Waals surface area contributed by atoms with Crippen molar-refractivity contribution in [3.8, 4) is 10.6 Å². The van der Waals surface area contributed by atoms with Crippen LogP contribution in [0.4, 0.5) is 5.69 Å². The Morgan fingerprint density at radius 1 is 1.11 bits per heavy atom. The Bertz CT molecular complexity index is 1280. The van der Waals surface area contributed by atoms with E-state index in [9.17, 15) is 34.8 Å². The van der Waals surface area contributed by atoms with Crippen LogP contribution in [-0.2, 0) is 19.1 Å². The van der Waals surface area contributed by atoms with E-state index in [1.165, 1.54) is 26.8 Å². The molecule has 0 aliphatic carbocycles. The van der Waals surface area contributed by atoms with Gasteiger partial charge in [-0.2, -0.15) is 0 Å². The lowest BCUT2D eigenvalue weighted by Crippen LogP contribution is -2.54. The van der Waals surface area contributed by atoms with Gasteiger partial charge < -0.3 is 40.2 Å². The molecule has 0 aromatic rings. The number of aliphatic hydroxyl groups excluding tert-OH is 4. The number of nitrogens with one attached hydrogen (secondary N) is 2. The Labute approximate surface area is 271 Å². The number of allylic oxidation sites excluding steroid dienone is 1. The molecule has 252 valence electrons. The van der Waals surface area contributed by atoms with Crippen molar-refractivity contribution in [2.75, 3.05) is 18.5 Å². The molecule has 0 spiro atoms. The minimum atomic E-state index is -1.33. The molecule has 3 heterocycles. The highest BCUT2D eigenvalue weighted by Crippen LogP contribution is 2.35. The number of fused-ring (bicyclic) bond motifs is 1. The van der Waals surface area contributed by atoms with E-state index in [1.54, 1.807) is 13.8 Å². The molecular formula is C32H48N2O9S2. The maximum Gasteiger partial charge on any atom is 0.330 e. The van der Waals surface area contributed by atoms with Gasteiger partial charge in [0.2, 0.25) is 5.91 Å². The van der Waals surface area contributed by atoms with Crippen LogP contribution in [0.1, 0.15) is 78.6 Å². The number of H-pyrrole nitrogens is 1. The fourth-order valence-electron chi connectivity index (χ4n) is 5.12. The first kappa shape index (κ1) is 37.1. The summed E-state index contributed by atoms with van der Waals surface area (Å²) in [5.74, 6) is -1.13. The Morgan fingerprint density at radius 2 is 1.80 bits per heavy atom. The third-order valence-electron chi connectivity index (χ3n) is 8.24. The summed E-state index contributed by atoms with van der Waals surface area (Å²) in [4.78, 5) is 40.0. The van der Waals surface area contributed by atoms with Gasteiger partial charge in [-0.25, -0.2) is 4.79 Å². The minimum Gasteiger partial charge on any atom is -0.463 e. The molecule has 11 nitrogen and oxygen atoms in total. The van der Waals surface area contributed by atoms with Crippen LogP contribution in [0.3, 0.4) is 0 Å². The highest BCUT2D eigenvalue weighted by molar-refractivity contribution is 7.70. The van der Waals surface area contributed by atoms with Crippen molar-refractivity contribution in [1.82, 2.24) is 4.98 Å². The molecule has 1 fully saturated rings. The lowest BCUT2D eigenvalue weighted by Gasteiger charge is -2.39. The molecule has 13 heteroatoms. The number of aromatic nitrogens is 1. The molecule has 0 bridgehead atoms. The van der Waals surface area contributed by atoms with Gasteiger partial charge in [0.15, 0.2) is 0 Å². The van der Waals surface area contributed by atoms with Crippen LogP contribution in [0.2, 0.25) is 0 Å². The van der Waals surface area contributed by atoms with Crippen molar-refractivity contribution < 1.29 is 39.5 Å². The number of hydrogen-bond acceptors (Lipinski definition) is 11. The summed E-state index contributed by atoms with van der Waals surface area (Å²) in [6.07, 6.45) is 6.69. The summed E-state index contributed by atoms with van der Waals surface area (Å²) in [5, 5.41) is 46.0. The number of esters is 1. The summed E-state index contributed by atoms with van der Waals surface area (Å²) in [6, 6.07) is 0. The molecule has 6 N–H and O–H groups in total. The number of anilines is 1. The molecule has 0 aromatic heterocycles. The van der Waals surface area contributed by atoms with Gasteiger partial charge in [0.05, 0.1) is 36.0 Å². The molecule has 3 aliphatic heterocycles. The predicted molar refractivity (Wildman–Crippen MR) is 176 cm³/mol. The van der Waals surface area contributed by atoms with E-state index in [2.05, 4.69) is 10.3 Å². The number of carbonyl (C=O) groups excluding carboxylic acids is 2. The second-order valence-corrected chi connectivity index (χ2v) is 14.0. The number of ether oxygens (including phenoxy) is 2. The first-order valence-corrected chi connectivity index (χ1v) is 18.0. The van der Waals surface area contributed by atoms with Crippen LogP contribution in [0.25, 0.3) is 10.6 Å². The number of unbranched alkanes of at least 4 members (excludes halogenated alkanes) is 6. The molecule has 0 radical (unpaired) electrons. The fraction of sp³-hybridized carbons (Fsp3) is 0.656. The zero-order valence-electron chi connectivity index (χ0n) is 26.3. The standard InChI is InChI=1S/C32H48N2O9S2/c1-19(21(3)35)12-11-13-22-17-43-30(29(40)28(22)39)27(38)20(2)16-25(37)42-15-10-8-6-4-5-7-9-14-24(36)34-26-31-23(18-44-45-31)33-32(26)41/h11-12,16,18-19,21-22,27-30,35,38-40H,4-10,13-15,17H2,1-3H3,(H,33,41)(H,34,36)/b12-11+,20-16+/t19-,21+,22-,27+,28+,29-,30+/m1/s1. The van der Waals surface area contributed by atoms with Gasteiger partial charge in [0.25, 0.3) is 5.56 Å². The summed E-state index contributed by atoms with van der Waals surface area (Å²) >= 11 is 0. The normalized spacial score (nSPS) is 22.9. The van der Waals surface area contributed by atoms with Crippen LogP contribution >= 0.6 is 20.7 Å². The average molecular weight is 669 g/mol. The number of carbonyl (C=O) groups is 2. The van der Waals surface area contributed by atoms with E-state index in [1.807, 2.05) is 24.5 Å². The van der Waals surface area contributed by atoms with Crippen molar-refractivity contribution in [3.05, 3.63) is 39.5 Å². The summed E-state index contributed by atoms with van der Waals surface area (Å²) in [7, 11) is 2.98. The Hall–Kier alpha value is -2.39. The quantitative estimate of drug-likeness (QED) is 0.0446. The summed E-state index contributed by atoms with van der Waals surface area (Å²) in [6.45, 7) is 5.52. The topological polar surface area (TPSA) is 178 Å². The lowest BCUT2D eigenvalue weighted by atomic mass is 9.86. The third kappa shape index (κ3) is 11.4. The SMILES string of the molecule is C/C(=C\C(=O)OCCCCCCCCCC(=O)Nc1c2sscc-2[nH]c1=O)[C@H](O)[C@@H]1OC[C@@H](C/C=C/[C@@H](C)[C@H](C)O)[C@H](O)[C@H]1O. The van der Waals surface area contributed by atoms with Crippen molar-refractivity contribution in [1.29, 1.82) is 0 Å². The molecule has 7 atom stereocenters. The minimum absolute atomic E-state index is 0.0347. The van der Waals surface area contributed by atoms with Gasteiger partial charge in [0, 0.05) is 23.8 Å². The van der Waals surface area contributed by atoms with Crippen molar-refractivity contribution in [2.45, 2.75) is 109 Å². The Kier molecular flexibility index (Phi) is 15.4. The maximum absolute atomic E-state index is 12.3. The van der Waals surface area contributed by atoms with Crippen LogP contribution in [-0.4, -0.2) is 81.0 Å². The average Bonchev–Trinajstić information content (AvgIpc) is 3.57. The fourth-order valence-corrected chi connectivity index (χ4v) is 7.28. The van der Waals surface area contributed by atoms with Gasteiger partial charge >= 0.3 is 5.97 Å². The zero-order valence-corrected chi connectivity index (χ0v) is 27.9. The van der Waals surface area contributed by atoms with Gasteiger partial charge in [-0.1, -0.05) is 71.9 Å². The monoisotopic (exact) mass is 668 g/mol. The maximum atomic E-state index is 12.3. The molecule has 1 amide bonds. The highest BCUT2D eigenvalue weighted by Gasteiger charge is 2.41. The molecule has 3 aliphatic rings. The van der Waals surface area contributed by atoms with Crippen LogP contribution in [0.5, 0.6) is 0 Å². The number of aromatic amines is 1. The van der Waals surface area contributed by atoms with Gasteiger partial charge in [-0.05, 0) is 44.6 Å².